The number of hydrogen-bond donors (Lipinski definition) is 1. The van der Waals surface area contributed by atoms with Gasteiger partial charge < -0.3 is 10.1 Å². The molecule has 0 aliphatic carbocycles. The highest BCUT2D eigenvalue weighted by Crippen LogP contribution is 2.14. The first kappa shape index (κ1) is 8.26. The SMILES string of the molecule is COC(=O)c1ccc2c(c1)C[NH2+]C2. The summed E-state index contributed by atoms with van der Waals surface area (Å²) >= 11 is 0. The van der Waals surface area contributed by atoms with Crippen molar-refractivity contribution in [2.45, 2.75) is 13.1 Å². The van der Waals surface area contributed by atoms with Gasteiger partial charge in [-0.1, -0.05) is 6.07 Å². The summed E-state index contributed by atoms with van der Waals surface area (Å²) in [5.74, 6) is -0.255. The van der Waals surface area contributed by atoms with Crippen molar-refractivity contribution in [2.75, 3.05) is 7.11 Å². The summed E-state index contributed by atoms with van der Waals surface area (Å²) in [6.07, 6.45) is 0. The minimum absolute atomic E-state index is 0.255. The molecule has 0 saturated carbocycles. The molecular formula is C10H12NO2+. The van der Waals surface area contributed by atoms with Gasteiger partial charge in [0.1, 0.15) is 13.1 Å². The lowest BCUT2D eigenvalue weighted by atomic mass is 10.1. The first-order valence-corrected chi connectivity index (χ1v) is 4.33. The van der Waals surface area contributed by atoms with Gasteiger partial charge in [-0.05, 0) is 12.1 Å². The molecular weight excluding hydrogens is 166 g/mol. The molecule has 0 atom stereocenters. The molecule has 1 aromatic rings. The van der Waals surface area contributed by atoms with Crippen molar-refractivity contribution in [3.8, 4) is 0 Å². The molecule has 1 heterocycles. The Balaban J connectivity index is 2.36. The first-order valence-electron chi connectivity index (χ1n) is 4.33. The normalized spacial score (nSPS) is 13.9. The van der Waals surface area contributed by atoms with Crippen LogP contribution in [0.25, 0.3) is 0 Å². The number of fused-ring (bicyclic) bond motifs is 1. The van der Waals surface area contributed by atoms with E-state index in [0.29, 0.717) is 5.56 Å². The number of carbonyl (C=O) groups is 1. The molecule has 0 amide bonds. The van der Waals surface area contributed by atoms with Crippen LogP contribution < -0.4 is 5.32 Å². The van der Waals surface area contributed by atoms with E-state index in [4.69, 9.17) is 0 Å². The maximum atomic E-state index is 11.2. The van der Waals surface area contributed by atoms with Gasteiger partial charge in [-0.15, -0.1) is 0 Å². The third-order valence-electron chi connectivity index (χ3n) is 2.36. The summed E-state index contributed by atoms with van der Waals surface area (Å²) in [5.41, 5.74) is 3.23. The Morgan fingerprint density at radius 2 is 2.15 bits per heavy atom. The lowest BCUT2D eigenvalue weighted by molar-refractivity contribution is -0.676. The Hall–Kier alpha value is -1.35. The number of quaternary nitrogens is 1. The lowest BCUT2D eigenvalue weighted by Gasteiger charge is -2.00. The number of ether oxygens (including phenoxy) is 1. The summed E-state index contributed by atoms with van der Waals surface area (Å²) in [6.45, 7) is 2.00. The van der Waals surface area contributed by atoms with Crippen LogP contribution in [0.4, 0.5) is 0 Å². The number of rotatable bonds is 1. The molecule has 0 aromatic heterocycles. The molecule has 68 valence electrons. The molecule has 0 bridgehead atoms. The first-order chi connectivity index (χ1) is 6.31. The van der Waals surface area contributed by atoms with Gasteiger partial charge in [0.15, 0.2) is 0 Å². The molecule has 0 unspecified atom stereocenters. The van der Waals surface area contributed by atoms with E-state index in [1.54, 1.807) is 0 Å². The van der Waals surface area contributed by atoms with E-state index >= 15 is 0 Å². The Bertz CT molecular complexity index is 347. The maximum absolute atomic E-state index is 11.2. The highest BCUT2D eigenvalue weighted by atomic mass is 16.5. The number of nitrogens with two attached hydrogens (primary N) is 1. The molecule has 0 radical (unpaired) electrons. The third kappa shape index (κ3) is 1.42. The van der Waals surface area contributed by atoms with Crippen molar-refractivity contribution < 1.29 is 14.8 Å². The Morgan fingerprint density at radius 3 is 2.92 bits per heavy atom. The summed E-state index contributed by atoms with van der Waals surface area (Å²) in [6, 6.07) is 5.75. The zero-order chi connectivity index (χ0) is 9.26. The minimum Gasteiger partial charge on any atom is -0.465 e. The number of methoxy groups -OCH3 is 1. The van der Waals surface area contributed by atoms with Crippen LogP contribution in [0.1, 0.15) is 21.5 Å². The smallest absolute Gasteiger partial charge is 0.337 e. The highest BCUT2D eigenvalue weighted by Gasteiger charge is 2.15. The molecule has 2 N–H and O–H groups in total. The van der Waals surface area contributed by atoms with Gasteiger partial charge in [-0.25, -0.2) is 4.79 Å². The van der Waals surface area contributed by atoms with Gasteiger partial charge in [-0.3, -0.25) is 0 Å². The van der Waals surface area contributed by atoms with Crippen LogP contribution >= 0.6 is 0 Å². The maximum Gasteiger partial charge on any atom is 0.337 e. The second-order valence-corrected chi connectivity index (χ2v) is 3.17. The average molecular weight is 178 g/mol. The van der Waals surface area contributed by atoms with E-state index < -0.39 is 0 Å². The topological polar surface area (TPSA) is 42.9 Å². The molecule has 1 aliphatic heterocycles. The molecule has 13 heavy (non-hydrogen) atoms. The summed E-state index contributed by atoms with van der Waals surface area (Å²) < 4.78 is 4.65. The zero-order valence-electron chi connectivity index (χ0n) is 7.54. The fraction of sp³-hybridized carbons (Fsp3) is 0.300. The van der Waals surface area contributed by atoms with Crippen LogP contribution in [0, 0.1) is 0 Å². The molecule has 0 spiro atoms. The number of hydrogen-bond acceptors (Lipinski definition) is 2. The Labute approximate surface area is 76.7 Å². The van der Waals surface area contributed by atoms with E-state index in [9.17, 15) is 4.79 Å². The summed E-state index contributed by atoms with van der Waals surface area (Å²) in [5, 5.41) is 2.21. The molecule has 1 aromatic carbocycles. The Kier molecular flexibility index (Phi) is 2.02. The van der Waals surface area contributed by atoms with Crippen LogP contribution in [0.15, 0.2) is 18.2 Å². The van der Waals surface area contributed by atoms with Crippen LogP contribution in [0.5, 0.6) is 0 Å². The van der Waals surface area contributed by atoms with Gasteiger partial charge in [0.25, 0.3) is 0 Å². The molecule has 3 heteroatoms. The van der Waals surface area contributed by atoms with Crippen LogP contribution in [-0.4, -0.2) is 13.1 Å². The van der Waals surface area contributed by atoms with E-state index in [1.807, 2.05) is 18.2 Å². The molecule has 1 aliphatic rings. The van der Waals surface area contributed by atoms with Crippen molar-refractivity contribution in [2.24, 2.45) is 0 Å². The van der Waals surface area contributed by atoms with Crippen molar-refractivity contribution >= 4 is 5.97 Å². The average Bonchev–Trinajstić information content (AvgIpc) is 2.63. The van der Waals surface area contributed by atoms with Crippen molar-refractivity contribution in [3.63, 3.8) is 0 Å². The highest BCUT2D eigenvalue weighted by molar-refractivity contribution is 5.89. The molecule has 2 rings (SSSR count). The van der Waals surface area contributed by atoms with E-state index in [0.717, 1.165) is 13.1 Å². The fourth-order valence-corrected chi connectivity index (χ4v) is 1.64. The van der Waals surface area contributed by atoms with Crippen molar-refractivity contribution in [1.29, 1.82) is 0 Å². The minimum atomic E-state index is -0.255. The van der Waals surface area contributed by atoms with Crippen molar-refractivity contribution in [3.05, 3.63) is 34.9 Å². The second kappa shape index (κ2) is 3.18. The third-order valence-corrected chi connectivity index (χ3v) is 2.36. The van der Waals surface area contributed by atoms with E-state index in [2.05, 4.69) is 10.1 Å². The number of esters is 1. The predicted molar refractivity (Wildman–Crippen MR) is 47.1 cm³/mol. The predicted octanol–water partition coefficient (Wildman–Crippen LogP) is 0.0502. The van der Waals surface area contributed by atoms with Crippen LogP contribution in [0.3, 0.4) is 0 Å². The largest absolute Gasteiger partial charge is 0.465 e. The molecule has 3 nitrogen and oxygen atoms in total. The van der Waals surface area contributed by atoms with Crippen molar-refractivity contribution in [1.82, 2.24) is 0 Å². The van der Waals surface area contributed by atoms with E-state index in [1.165, 1.54) is 18.2 Å². The van der Waals surface area contributed by atoms with E-state index in [-0.39, 0.29) is 5.97 Å². The Morgan fingerprint density at radius 1 is 1.38 bits per heavy atom. The van der Waals surface area contributed by atoms with Gasteiger partial charge in [-0.2, -0.15) is 0 Å². The molecule has 0 fully saturated rings. The quantitative estimate of drug-likeness (QED) is 0.617. The molecule has 0 saturated heterocycles. The number of carbonyl (C=O) groups excluding carboxylic acids is 1. The fourth-order valence-electron chi connectivity index (χ4n) is 1.64. The standard InChI is InChI=1S/C10H11NO2/c1-13-10(12)7-2-3-8-5-11-6-9(8)4-7/h2-4,11H,5-6H2,1H3/p+1. The van der Waals surface area contributed by atoms with Gasteiger partial charge in [0, 0.05) is 11.1 Å². The van der Waals surface area contributed by atoms with Gasteiger partial charge in [0.2, 0.25) is 0 Å². The summed E-state index contributed by atoms with van der Waals surface area (Å²) in [7, 11) is 1.40. The number of benzene rings is 1. The van der Waals surface area contributed by atoms with Gasteiger partial charge in [0.05, 0.1) is 12.7 Å². The lowest BCUT2D eigenvalue weighted by Crippen LogP contribution is -2.77. The van der Waals surface area contributed by atoms with Gasteiger partial charge >= 0.3 is 5.97 Å². The second-order valence-electron chi connectivity index (χ2n) is 3.17. The monoisotopic (exact) mass is 178 g/mol. The van der Waals surface area contributed by atoms with Crippen LogP contribution in [-0.2, 0) is 17.8 Å². The van der Waals surface area contributed by atoms with Crippen LogP contribution in [0.2, 0.25) is 0 Å². The zero-order valence-corrected chi connectivity index (χ0v) is 7.54. The summed E-state index contributed by atoms with van der Waals surface area (Å²) in [4.78, 5) is 11.2.